The van der Waals surface area contributed by atoms with E-state index in [1.54, 1.807) is 0 Å². The van der Waals surface area contributed by atoms with Crippen molar-refractivity contribution in [2.45, 2.75) is 39.5 Å². The third-order valence-electron chi connectivity index (χ3n) is 2.54. The fourth-order valence-electron chi connectivity index (χ4n) is 1.91. The maximum Gasteiger partial charge on any atom is 0.225 e. The molecule has 0 aromatic heterocycles. The van der Waals surface area contributed by atoms with E-state index in [0.29, 0.717) is 11.8 Å². The lowest BCUT2D eigenvalue weighted by atomic mass is 10.0. The van der Waals surface area contributed by atoms with E-state index in [1.807, 2.05) is 4.90 Å². The second kappa shape index (κ2) is 4.48. The van der Waals surface area contributed by atoms with Gasteiger partial charge in [-0.15, -0.1) is 0 Å². The Bertz CT molecular complexity index is 140. The molecule has 0 aliphatic carbocycles. The molecule has 1 rings (SSSR count). The summed E-state index contributed by atoms with van der Waals surface area (Å²) in [6.45, 7) is 6.23. The van der Waals surface area contributed by atoms with Crippen LogP contribution in [0.4, 0.5) is 0 Å². The van der Waals surface area contributed by atoms with Crippen LogP contribution in [0.3, 0.4) is 0 Å². The van der Waals surface area contributed by atoms with Crippen molar-refractivity contribution >= 4 is 5.91 Å². The van der Waals surface area contributed by atoms with Crippen LogP contribution in [-0.4, -0.2) is 23.9 Å². The first kappa shape index (κ1) is 9.56. The van der Waals surface area contributed by atoms with Gasteiger partial charge in [-0.2, -0.15) is 0 Å². The minimum Gasteiger partial charge on any atom is -0.342 e. The molecule has 0 radical (unpaired) electrons. The number of nitrogens with zero attached hydrogens (tertiary/aromatic N) is 1. The van der Waals surface area contributed by atoms with Crippen molar-refractivity contribution in [2.24, 2.45) is 5.92 Å². The Balaban J connectivity index is 2.38. The molecule has 1 saturated heterocycles. The molecule has 1 unspecified atom stereocenters. The Morgan fingerprint density at radius 3 is 2.75 bits per heavy atom. The molecule has 0 saturated carbocycles. The predicted octanol–water partition coefficient (Wildman–Crippen LogP) is 2.04. The van der Waals surface area contributed by atoms with Crippen LogP contribution in [0.15, 0.2) is 0 Å². The normalized spacial score (nSPS) is 23.7. The quantitative estimate of drug-likeness (QED) is 0.630. The Labute approximate surface area is 74.9 Å². The van der Waals surface area contributed by atoms with Crippen LogP contribution in [0.25, 0.3) is 0 Å². The lowest BCUT2D eigenvalue weighted by molar-refractivity contribution is -0.131. The highest BCUT2D eigenvalue weighted by molar-refractivity contribution is 5.80. The average molecular weight is 169 g/mol. The number of amides is 1. The highest BCUT2D eigenvalue weighted by Crippen LogP contribution is 2.22. The van der Waals surface area contributed by atoms with Gasteiger partial charge in [0, 0.05) is 19.0 Å². The van der Waals surface area contributed by atoms with Gasteiger partial charge in [-0.25, -0.2) is 0 Å². The van der Waals surface area contributed by atoms with E-state index in [0.717, 1.165) is 38.8 Å². The van der Waals surface area contributed by atoms with Crippen LogP contribution < -0.4 is 0 Å². The molecule has 1 fully saturated rings. The summed E-state index contributed by atoms with van der Waals surface area (Å²) in [5, 5.41) is 0. The highest BCUT2D eigenvalue weighted by atomic mass is 16.2. The van der Waals surface area contributed by atoms with E-state index < -0.39 is 0 Å². The summed E-state index contributed by atoms with van der Waals surface area (Å²) in [4.78, 5) is 13.6. The molecule has 0 aromatic carbocycles. The van der Waals surface area contributed by atoms with Gasteiger partial charge in [0.15, 0.2) is 0 Å². The van der Waals surface area contributed by atoms with Crippen molar-refractivity contribution in [3.05, 3.63) is 0 Å². The molecule has 70 valence electrons. The molecule has 1 aliphatic heterocycles. The number of hydrogen-bond acceptors (Lipinski definition) is 1. The van der Waals surface area contributed by atoms with Gasteiger partial charge in [0.2, 0.25) is 5.91 Å². The molecule has 0 bridgehead atoms. The van der Waals surface area contributed by atoms with Gasteiger partial charge in [0.1, 0.15) is 0 Å². The second-order valence-corrected chi connectivity index (χ2v) is 3.60. The van der Waals surface area contributed by atoms with Gasteiger partial charge in [0.25, 0.3) is 0 Å². The first-order valence-electron chi connectivity index (χ1n) is 5.08. The molecule has 12 heavy (non-hydrogen) atoms. The zero-order valence-corrected chi connectivity index (χ0v) is 8.18. The van der Waals surface area contributed by atoms with Crippen LogP contribution in [0.5, 0.6) is 0 Å². The molecule has 1 aliphatic rings. The van der Waals surface area contributed by atoms with E-state index in [1.165, 1.54) is 0 Å². The Morgan fingerprint density at radius 1 is 1.42 bits per heavy atom. The summed E-state index contributed by atoms with van der Waals surface area (Å²) in [7, 11) is 0. The largest absolute Gasteiger partial charge is 0.342 e. The van der Waals surface area contributed by atoms with Crippen LogP contribution in [0.1, 0.15) is 39.5 Å². The summed E-state index contributed by atoms with van der Waals surface area (Å²) >= 11 is 0. The van der Waals surface area contributed by atoms with Crippen LogP contribution in [-0.2, 0) is 4.79 Å². The minimum absolute atomic E-state index is 0.349. The van der Waals surface area contributed by atoms with Crippen LogP contribution in [0, 0.1) is 5.92 Å². The maximum atomic E-state index is 11.6. The van der Waals surface area contributed by atoms with Gasteiger partial charge in [-0.05, 0) is 19.3 Å². The van der Waals surface area contributed by atoms with Crippen LogP contribution >= 0.6 is 0 Å². The SMILES string of the molecule is CCCC1CCN(CCC)C1=O. The topological polar surface area (TPSA) is 20.3 Å². The third kappa shape index (κ3) is 1.99. The van der Waals surface area contributed by atoms with E-state index >= 15 is 0 Å². The summed E-state index contributed by atoms with van der Waals surface area (Å²) < 4.78 is 0. The van der Waals surface area contributed by atoms with Gasteiger partial charge >= 0.3 is 0 Å². The second-order valence-electron chi connectivity index (χ2n) is 3.60. The fourth-order valence-corrected chi connectivity index (χ4v) is 1.91. The zero-order chi connectivity index (χ0) is 8.97. The average Bonchev–Trinajstić information content (AvgIpc) is 2.38. The number of rotatable bonds is 4. The molecule has 0 spiro atoms. The van der Waals surface area contributed by atoms with E-state index in [-0.39, 0.29) is 0 Å². The fraction of sp³-hybridized carbons (Fsp3) is 0.900. The van der Waals surface area contributed by atoms with Gasteiger partial charge < -0.3 is 4.90 Å². The number of hydrogen-bond donors (Lipinski definition) is 0. The summed E-state index contributed by atoms with van der Waals surface area (Å²) in [5.74, 6) is 0.750. The van der Waals surface area contributed by atoms with E-state index in [2.05, 4.69) is 13.8 Å². The molecule has 2 heteroatoms. The molecular formula is C10H19NO. The van der Waals surface area contributed by atoms with Crippen molar-refractivity contribution in [3.63, 3.8) is 0 Å². The number of carbonyl (C=O) groups is 1. The van der Waals surface area contributed by atoms with Crippen molar-refractivity contribution in [2.75, 3.05) is 13.1 Å². The molecular weight excluding hydrogens is 150 g/mol. The number of carbonyl (C=O) groups excluding carboxylic acids is 1. The highest BCUT2D eigenvalue weighted by Gasteiger charge is 2.29. The minimum atomic E-state index is 0.349. The zero-order valence-electron chi connectivity index (χ0n) is 8.18. The first-order chi connectivity index (χ1) is 5.79. The molecule has 2 nitrogen and oxygen atoms in total. The van der Waals surface area contributed by atoms with Crippen molar-refractivity contribution in [1.82, 2.24) is 4.90 Å². The molecule has 1 atom stereocenters. The third-order valence-corrected chi connectivity index (χ3v) is 2.54. The van der Waals surface area contributed by atoms with Gasteiger partial charge in [-0.3, -0.25) is 4.79 Å². The lowest BCUT2D eigenvalue weighted by Gasteiger charge is -2.14. The Morgan fingerprint density at radius 2 is 2.17 bits per heavy atom. The molecule has 1 heterocycles. The van der Waals surface area contributed by atoms with Crippen molar-refractivity contribution in [3.8, 4) is 0 Å². The maximum absolute atomic E-state index is 11.6. The van der Waals surface area contributed by atoms with Crippen LogP contribution in [0.2, 0.25) is 0 Å². The summed E-state index contributed by atoms with van der Waals surface area (Å²) in [5.41, 5.74) is 0. The van der Waals surface area contributed by atoms with E-state index in [9.17, 15) is 4.79 Å². The van der Waals surface area contributed by atoms with Gasteiger partial charge in [0.05, 0.1) is 0 Å². The Kier molecular flexibility index (Phi) is 3.57. The smallest absolute Gasteiger partial charge is 0.225 e. The van der Waals surface area contributed by atoms with Gasteiger partial charge in [-0.1, -0.05) is 20.3 Å². The summed E-state index contributed by atoms with van der Waals surface area (Å²) in [6.07, 6.45) is 4.40. The standard InChI is InChI=1S/C10H19NO/c1-3-5-9-6-8-11(7-4-2)10(9)12/h9H,3-8H2,1-2H3. The Hall–Kier alpha value is -0.530. The molecule has 0 aromatic rings. The molecule has 1 amide bonds. The predicted molar refractivity (Wildman–Crippen MR) is 49.9 cm³/mol. The monoisotopic (exact) mass is 169 g/mol. The van der Waals surface area contributed by atoms with Crippen molar-refractivity contribution in [1.29, 1.82) is 0 Å². The lowest BCUT2D eigenvalue weighted by Crippen LogP contribution is -2.27. The summed E-state index contributed by atoms with van der Waals surface area (Å²) in [6, 6.07) is 0. The molecule has 0 N–H and O–H groups in total. The number of likely N-dealkylation sites (tertiary alicyclic amines) is 1. The van der Waals surface area contributed by atoms with E-state index in [4.69, 9.17) is 0 Å². The van der Waals surface area contributed by atoms with Crippen molar-refractivity contribution < 1.29 is 4.79 Å². The first-order valence-corrected chi connectivity index (χ1v) is 5.08.